The van der Waals surface area contributed by atoms with Crippen molar-refractivity contribution in [2.24, 2.45) is 0 Å². The van der Waals surface area contributed by atoms with Crippen LogP contribution in [0, 0.1) is 0 Å². The molecule has 0 aliphatic heterocycles. The quantitative estimate of drug-likeness (QED) is 0.161. The predicted molar refractivity (Wildman–Crippen MR) is 306 cm³/mol. The maximum atomic E-state index is 2.54. The molecule has 12 aromatic carbocycles. The van der Waals surface area contributed by atoms with Gasteiger partial charge < -0.3 is 4.90 Å². The summed E-state index contributed by atoms with van der Waals surface area (Å²) in [5.74, 6) is 0. The fourth-order valence-electron chi connectivity index (χ4n) is 13.3. The summed E-state index contributed by atoms with van der Waals surface area (Å²) < 4.78 is 0. The molecule has 0 fully saturated rings. The molecular weight excluding hydrogens is 879 g/mol. The second-order valence-electron chi connectivity index (χ2n) is 20.7. The van der Waals surface area contributed by atoms with Crippen molar-refractivity contribution >= 4 is 38.6 Å². The lowest BCUT2D eigenvalue weighted by Gasteiger charge is -2.32. The van der Waals surface area contributed by atoms with E-state index in [0.29, 0.717) is 0 Å². The summed E-state index contributed by atoms with van der Waals surface area (Å²) >= 11 is 0. The molecular formula is C72H49N. The zero-order chi connectivity index (χ0) is 48.4. The topological polar surface area (TPSA) is 3.24 Å². The normalized spacial score (nSPS) is 13.8. The highest BCUT2D eigenvalue weighted by Gasteiger charge is 2.52. The fourth-order valence-corrected chi connectivity index (χ4v) is 13.3. The number of hydrogen-bond acceptors (Lipinski definition) is 1. The Morgan fingerprint density at radius 1 is 0.274 bits per heavy atom. The second-order valence-corrected chi connectivity index (χ2v) is 20.7. The van der Waals surface area contributed by atoms with Crippen LogP contribution in [-0.4, -0.2) is 0 Å². The third-order valence-corrected chi connectivity index (χ3v) is 16.7. The molecule has 0 N–H and O–H groups in total. The van der Waals surface area contributed by atoms with Crippen molar-refractivity contribution in [1.82, 2.24) is 0 Å². The van der Waals surface area contributed by atoms with E-state index in [2.05, 4.69) is 280 Å². The first kappa shape index (κ1) is 41.7. The maximum absolute atomic E-state index is 2.54. The highest BCUT2D eigenvalue weighted by atomic mass is 15.1. The van der Waals surface area contributed by atoms with Gasteiger partial charge in [-0.05, 0) is 159 Å². The van der Waals surface area contributed by atoms with Crippen molar-refractivity contribution in [2.75, 3.05) is 4.90 Å². The van der Waals surface area contributed by atoms with E-state index < -0.39 is 5.41 Å². The molecule has 0 heterocycles. The first-order valence-corrected chi connectivity index (χ1v) is 25.7. The Kier molecular flexibility index (Phi) is 8.99. The molecule has 0 radical (unpaired) electrons. The van der Waals surface area contributed by atoms with E-state index in [9.17, 15) is 0 Å². The summed E-state index contributed by atoms with van der Waals surface area (Å²) in [6.45, 7) is 4.82. The van der Waals surface area contributed by atoms with Gasteiger partial charge >= 0.3 is 0 Å². The van der Waals surface area contributed by atoms with E-state index in [-0.39, 0.29) is 5.41 Å². The summed E-state index contributed by atoms with van der Waals surface area (Å²) in [5.41, 5.74) is 25.9. The fraction of sp³-hybridized carbons (Fsp3) is 0.0556. The molecule has 0 atom stereocenters. The van der Waals surface area contributed by atoms with Gasteiger partial charge in [0.1, 0.15) is 0 Å². The minimum absolute atomic E-state index is 0.248. The molecule has 1 nitrogen and oxygen atoms in total. The molecule has 0 saturated heterocycles. The van der Waals surface area contributed by atoms with Gasteiger partial charge in [0.2, 0.25) is 0 Å². The largest absolute Gasteiger partial charge is 0.310 e. The molecule has 0 bridgehead atoms. The summed E-state index contributed by atoms with van der Waals surface area (Å²) in [7, 11) is 0. The average molecular weight is 928 g/mol. The van der Waals surface area contributed by atoms with Crippen LogP contribution in [0.25, 0.3) is 88.3 Å². The van der Waals surface area contributed by atoms with Crippen LogP contribution in [0.2, 0.25) is 0 Å². The van der Waals surface area contributed by atoms with Crippen LogP contribution in [0.5, 0.6) is 0 Å². The second kappa shape index (κ2) is 15.7. The first-order chi connectivity index (χ1) is 35.9. The van der Waals surface area contributed by atoms with E-state index in [1.54, 1.807) is 0 Å². The van der Waals surface area contributed by atoms with E-state index >= 15 is 0 Å². The molecule has 0 saturated carbocycles. The molecule has 15 rings (SSSR count). The molecule has 3 aliphatic rings. The standard InChI is InChI=1S/C72H49N/c1-71(2)67-44-53(57-23-13-18-50-16-5-6-19-56(50)57)37-41-60(67)61-42-40-55(45-68(61)71)73(54-38-35-48(36-39-54)47-29-31-49(32-30-47)52-34-33-46-15-3-4-17-51(46)43-52)69-28-14-27-66-70(69)62-22-9-12-26-65(62)72(66)63-24-10-7-20-58(63)59-21-8-11-25-64(59)72/h3-45H,1-2H3. The lowest BCUT2D eigenvalue weighted by molar-refractivity contribution is 0.660. The third-order valence-electron chi connectivity index (χ3n) is 16.7. The SMILES string of the molecule is CC1(C)c2cc(-c3cccc4ccccc34)ccc2-c2ccc(N(c3ccc(-c4ccc(-c5ccc6ccccc6c5)cc4)cc3)c3cccc4c3-c3ccccc3C43c4ccccc4-c4ccccc43)cc21. The van der Waals surface area contributed by atoms with E-state index in [1.807, 2.05) is 0 Å². The highest BCUT2D eigenvalue weighted by Crippen LogP contribution is 2.65. The number of benzene rings is 12. The Balaban J connectivity index is 0.889. The highest BCUT2D eigenvalue weighted by molar-refractivity contribution is 6.02. The van der Waals surface area contributed by atoms with Gasteiger partial charge in [-0.2, -0.15) is 0 Å². The molecule has 0 unspecified atom stereocenters. The minimum Gasteiger partial charge on any atom is -0.310 e. The van der Waals surface area contributed by atoms with Crippen LogP contribution in [0.4, 0.5) is 17.1 Å². The number of nitrogens with zero attached hydrogens (tertiary/aromatic N) is 1. The van der Waals surface area contributed by atoms with Crippen LogP contribution in [0.1, 0.15) is 47.2 Å². The van der Waals surface area contributed by atoms with Gasteiger partial charge in [-0.1, -0.05) is 232 Å². The summed E-state index contributed by atoms with van der Waals surface area (Å²) in [6, 6.07) is 97.8. The van der Waals surface area contributed by atoms with Gasteiger partial charge in [-0.25, -0.2) is 0 Å². The molecule has 73 heavy (non-hydrogen) atoms. The van der Waals surface area contributed by atoms with E-state index in [0.717, 1.165) is 11.4 Å². The Hall–Kier alpha value is -9.04. The van der Waals surface area contributed by atoms with E-state index in [1.165, 1.54) is 127 Å². The van der Waals surface area contributed by atoms with Crippen molar-refractivity contribution in [2.45, 2.75) is 24.7 Å². The minimum atomic E-state index is -0.451. The van der Waals surface area contributed by atoms with Crippen LogP contribution >= 0.6 is 0 Å². The lowest BCUT2D eigenvalue weighted by atomic mass is 9.70. The van der Waals surface area contributed by atoms with Gasteiger partial charge in [0, 0.05) is 22.4 Å². The van der Waals surface area contributed by atoms with Gasteiger partial charge in [-0.15, -0.1) is 0 Å². The Bertz CT molecular complexity index is 4180. The van der Waals surface area contributed by atoms with E-state index in [4.69, 9.17) is 0 Å². The van der Waals surface area contributed by atoms with Gasteiger partial charge in [0.05, 0.1) is 11.1 Å². The molecule has 3 aliphatic carbocycles. The molecule has 12 aromatic rings. The zero-order valence-corrected chi connectivity index (χ0v) is 40.8. The maximum Gasteiger partial charge on any atom is 0.0726 e. The molecule has 1 heteroatoms. The Labute approximate surface area is 427 Å². The van der Waals surface area contributed by atoms with Crippen LogP contribution < -0.4 is 4.90 Å². The molecule has 342 valence electrons. The number of hydrogen-bond donors (Lipinski definition) is 0. The lowest BCUT2D eigenvalue weighted by Crippen LogP contribution is -2.26. The van der Waals surface area contributed by atoms with Crippen LogP contribution in [-0.2, 0) is 10.8 Å². The first-order valence-electron chi connectivity index (χ1n) is 25.7. The summed E-state index contributed by atoms with van der Waals surface area (Å²) in [6.07, 6.45) is 0. The Morgan fingerprint density at radius 2 is 0.740 bits per heavy atom. The molecule has 0 amide bonds. The monoisotopic (exact) mass is 927 g/mol. The van der Waals surface area contributed by atoms with Crippen molar-refractivity contribution < 1.29 is 0 Å². The van der Waals surface area contributed by atoms with Crippen molar-refractivity contribution in [1.29, 1.82) is 0 Å². The van der Waals surface area contributed by atoms with Gasteiger partial charge in [0.25, 0.3) is 0 Å². The average Bonchev–Trinajstić information content (AvgIpc) is 4.12. The zero-order valence-electron chi connectivity index (χ0n) is 40.8. The number of anilines is 3. The summed E-state index contributed by atoms with van der Waals surface area (Å²) in [5, 5.41) is 5.06. The summed E-state index contributed by atoms with van der Waals surface area (Å²) in [4.78, 5) is 2.54. The van der Waals surface area contributed by atoms with Gasteiger partial charge in [0.15, 0.2) is 0 Å². The molecule has 1 spiro atoms. The molecule has 0 aromatic heterocycles. The van der Waals surface area contributed by atoms with Crippen LogP contribution in [0.15, 0.2) is 261 Å². The van der Waals surface area contributed by atoms with Gasteiger partial charge in [-0.3, -0.25) is 0 Å². The third kappa shape index (κ3) is 6.03. The number of fused-ring (bicyclic) bond motifs is 15. The predicted octanol–water partition coefficient (Wildman–Crippen LogP) is 19.1. The van der Waals surface area contributed by atoms with Crippen molar-refractivity contribution in [3.05, 3.63) is 294 Å². The smallest absolute Gasteiger partial charge is 0.0726 e. The van der Waals surface area contributed by atoms with Crippen molar-refractivity contribution in [3.63, 3.8) is 0 Å². The van der Waals surface area contributed by atoms with Crippen molar-refractivity contribution in [3.8, 4) is 66.8 Å². The van der Waals surface area contributed by atoms with Crippen LogP contribution in [0.3, 0.4) is 0 Å². The Morgan fingerprint density at radius 3 is 1.47 bits per heavy atom. The number of rotatable bonds is 6.